The summed E-state index contributed by atoms with van der Waals surface area (Å²) in [5.41, 5.74) is 6.83. The zero-order chi connectivity index (χ0) is 18.7. The molecule has 1 nitrogen and oxygen atoms in total. The normalized spacial score (nSPS) is 13.8. The fourth-order valence-electron chi connectivity index (χ4n) is 4.71. The molecule has 0 atom stereocenters. The smallest absolute Gasteiger partial charge is 0.129 e. The summed E-state index contributed by atoms with van der Waals surface area (Å²) in [6, 6.07) is 28.3. The average molecular weight is 354 g/mol. The largest absolute Gasteiger partial charge is 0.300 e. The van der Waals surface area contributed by atoms with Crippen LogP contribution in [0.2, 0.25) is 0 Å². The van der Waals surface area contributed by atoms with Crippen LogP contribution in [0.4, 0.5) is 0 Å². The Kier molecular flexibility index (Phi) is 4.94. The number of carbonyl (C=O) groups excluding carboxylic acids is 1. The van der Waals surface area contributed by atoms with E-state index in [0.29, 0.717) is 6.42 Å². The first kappa shape index (κ1) is 17.7. The molecule has 0 bridgehead atoms. The fraction of sp³-hybridized carbons (Fsp3) is 0.269. The molecule has 1 heteroatoms. The van der Waals surface area contributed by atoms with E-state index in [4.69, 9.17) is 0 Å². The van der Waals surface area contributed by atoms with E-state index in [1.54, 1.807) is 6.92 Å². The highest BCUT2D eigenvalue weighted by Gasteiger charge is 2.42. The molecule has 27 heavy (non-hydrogen) atoms. The van der Waals surface area contributed by atoms with Gasteiger partial charge in [0.05, 0.1) is 0 Å². The van der Waals surface area contributed by atoms with E-state index < -0.39 is 0 Å². The maximum Gasteiger partial charge on any atom is 0.129 e. The van der Waals surface area contributed by atoms with E-state index in [1.165, 1.54) is 27.8 Å². The van der Waals surface area contributed by atoms with Crippen molar-refractivity contribution in [3.05, 3.63) is 95.6 Å². The Labute approximate surface area is 162 Å². The first-order chi connectivity index (χ1) is 13.2. The predicted molar refractivity (Wildman–Crippen MR) is 112 cm³/mol. The highest BCUT2D eigenvalue weighted by Crippen LogP contribution is 2.53. The molecule has 0 aromatic heterocycles. The lowest BCUT2D eigenvalue weighted by Gasteiger charge is -2.32. The minimum atomic E-state index is -0.0480. The molecule has 1 aliphatic carbocycles. The zero-order valence-corrected chi connectivity index (χ0v) is 15.9. The van der Waals surface area contributed by atoms with Gasteiger partial charge in [0.25, 0.3) is 0 Å². The molecule has 0 saturated carbocycles. The lowest BCUT2D eigenvalue weighted by molar-refractivity contribution is -0.117. The van der Waals surface area contributed by atoms with Crippen LogP contribution in [0.3, 0.4) is 0 Å². The lowest BCUT2D eigenvalue weighted by atomic mass is 9.70. The van der Waals surface area contributed by atoms with E-state index in [-0.39, 0.29) is 11.2 Å². The number of fused-ring (bicyclic) bond motifs is 3. The minimum absolute atomic E-state index is 0.0480. The number of hydrogen-bond donors (Lipinski definition) is 0. The molecule has 3 aromatic carbocycles. The van der Waals surface area contributed by atoms with Crippen LogP contribution in [0.1, 0.15) is 49.3 Å². The van der Waals surface area contributed by atoms with E-state index in [9.17, 15) is 4.79 Å². The van der Waals surface area contributed by atoms with E-state index in [2.05, 4.69) is 78.9 Å². The van der Waals surface area contributed by atoms with Gasteiger partial charge in [-0.2, -0.15) is 0 Å². The zero-order valence-electron chi connectivity index (χ0n) is 15.9. The highest BCUT2D eigenvalue weighted by atomic mass is 16.1. The van der Waals surface area contributed by atoms with Crippen LogP contribution in [-0.4, -0.2) is 5.78 Å². The molecular weight excluding hydrogens is 328 g/mol. The molecule has 1 aliphatic rings. The standard InChI is InChI=1S/C26H26O/c1-20(27)17-19-26(18-9-12-21-10-3-2-4-11-21)24-15-7-5-13-22(24)23-14-6-8-16-25(23)26/h2-8,10-11,13-16H,9,12,17-19H2,1H3. The molecule has 0 N–H and O–H groups in total. The van der Waals surface area contributed by atoms with Gasteiger partial charge >= 0.3 is 0 Å². The average Bonchev–Trinajstić information content (AvgIpc) is 2.98. The molecule has 0 radical (unpaired) electrons. The number of Topliss-reactive ketones (excluding diaryl/α,β-unsaturated/α-hetero) is 1. The molecular formula is C26H26O. The van der Waals surface area contributed by atoms with Gasteiger partial charge in [-0.15, -0.1) is 0 Å². The number of ketones is 1. The van der Waals surface area contributed by atoms with Gasteiger partial charge in [-0.05, 0) is 60.4 Å². The van der Waals surface area contributed by atoms with Gasteiger partial charge in [-0.3, -0.25) is 0 Å². The Hall–Kier alpha value is -2.67. The fourth-order valence-corrected chi connectivity index (χ4v) is 4.71. The lowest BCUT2D eigenvalue weighted by Crippen LogP contribution is -2.26. The summed E-state index contributed by atoms with van der Waals surface area (Å²) >= 11 is 0. The van der Waals surface area contributed by atoms with Crippen molar-refractivity contribution in [1.29, 1.82) is 0 Å². The maximum absolute atomic E-state index is 11.9. The highest BCUT2D eigenvalue weighted by molar-refractivity contribution is 5.82. The van der Waals surface area contributed by atoms with Crippen LogP contribution >= 0.6 is 0 Å². The van der Waals surface area contributed by atoms with Crippen molar-refractivity contribution in [3.8, 4) is 11.1 Å². The summed E-state index contributed by atoms with van der Waals surface area (Å²) in [6.07, 6.45) is 4.79. The van der Waals surface area contributed by atoms with Crippen molar-refractivity contribution >= 4 is 5.78 Å². The van der Waals surface area contributed by atoms with Gasteiger partial charge in [0, 0.05) is 11.8 Å². The van der Waals surface area contributed by atoms with Crippen molar-refractivity contribution in [2.75, 3.05) is 0 Å². The van der Waals surface area contributed by atoms with Crippen molar-refractivity contribution in [2.45, 2.75) is 44.4 Å². The second-order valence-electron chi connectivity index (χ2n) is 7.71. The van der Waals surface area contributed by atoms with Gasteiger partial charge < -0.3 is 4.79 Å². The maximum atomic E-state index is 11.9. The van der Waals surface area contributed by atoms with Crippen molar-refractivity contribution in [3.63, 3.8) is 0 Å². The molecule has 0 spiro atoms. The Morgan fingerprint density at radius 2 is 1.30 bits per heavy atom. The Morgan fingerprint density at radius 1 is 0.741 bits per heavy atom. The number of carbonyl (C=O) groups is 1. The number of hydrogen-bond acceptors (Lipinski definition) is 1. The summed E-state index contributed by atoms with van der Waals surface area (Å²) < 4.78 is 0. The molecule has 0 fully saturated rings. The molecule has 0 saturated heterocycles. The van der Waals surface area contributed by atoms with Gasteiger partial charge in [0.2, 0.25) is 0 Å². The first-order valence-electron chi connectivity index (χ1n) is 9.93. The number of aryl methyl sites for hydroxylation is 1. The van der Waals surface area contributed by atoms with Gasteiger partial charge in [0.15, 0.2) is 0 Å². The molecule has 0 unspecified atom stereocenters. The van der Waals surface area contributed by atoms with Crippen LogP contribution in [0.15, 0.2) is 78.9 Å². The third kappa shape index (κ3) is 3.35. The first-order valence-corrected chi connectivity index (χ1v) is 9.93. The molecule has 0 amide bonds. The summed E-state index contributed by atoms with van der Waals surface area (Å²) in [4.78, 5) is 11.9. The van der Waals surface area contributed by atoms with Crippen LogP contribution in [0.5, 0.6) is 0 Å². The summed E-state index contributed by atoms with van der Waals surface area (Å²) in [5.74, 6) is 0.277. The third-order valence-electron chi connectivity index (χ3n) is 5.99. The van der Waals surface area contributed by atoms with Gasteiger partial charge in [0.1, 0.15) is 5.78 Å². The predicted octanol–water partition coefficient (Wildman–Crippen LogP) is 6.35. The SMILES string of the molecule is CC(=O)CCC1(CCCc2ccccc2)c2ccccc2-c2ccccc21. The van der Waals surface area contributed by atoms with Crippen molar-refractivity contribution in [1.82, 2.24) is 0 Å². The third-order valence-corrected chi connectivity index (χ3v) is 5.99. The van der Waals surface area contributed by atoms with E-state index >= 15 is 0 Å². The van der Waals surface area contributed by atoms with E-state index in [1.807, 2.05) is 0 Å². The molecule has 4 rings (SSSR count). The summed E-state index contributed by atoms with van der Waals surface area (Å²) in [5, 5.41) is 0. The quantitative estimate of drug-likeness (QED) is 0.483. The summed E-state index contributed by atoms with van der Waals surface area (Å²) in [7, 11) is 0. The molecule has 3 aromatic rings. The van der Waals surface area contributed by atoms with Crippen LogP contribution in [0.25, 0.3) is 11.1 Å². The Balaban J connectivity index is 1.71. The van der Waals surface area contributed by atoms with Gasteiger partial charge in [-0.25, -0.2) is 0 Å². The molecule has 0 aliphatic heterocycles. The van der Waals surface area contributed by atoms with Crippen LogP contribution in [0, 0.1) is 0 Å². The Bertz CT molecular complexity index is 894. The Morgan fingerprint density at radius 3 is 1.89 bits per heavy atom. The molecule has 136 valence electrons. The minimum Gasteiger partial charge on any atom is -0.300 e. The van der Waals surface area contributed by atoms with Crippen LogP contribution in [-0.2, 0) is 16.6 Å². The second-order valence-corrected chi connectivity index (χ2v) is 7.71. The van der Waals surface area contributed by atoms with E-state index in [0.717, 1.165) is 25.7 Å². The molecule has 0 heterocycles. The van der Waals surface area contributed by atoms with Crippen molar-refractivity contribution < 1.29 is 4.79 Å². The second kappa shape index (κ2) is 7.52. The topological polar surface area (TPSA) is 17.1 Å². The number of rotatable bonds is 7. The van der Waals surface area contributed by atoms with Crippen LogP contribution < -0.4 is 0 Å². The summed E-state index contributed by atoms with van der Waals surface area (Å²) in [6.45, 7) is 1.71. The van der Waals surface area contributed by atoms with Crippen molar-refractivity contribution in [2.24, 2.45) is 0 Å². The monoisotopic (exact) mass is 354 g/mol. The number of benzene rings is 3. The van der Waals surface area contributed by atoms with Gasteiger partial charge in [-0.1, -0.05) is 78.9 Å².